The number of nitrogens with zero attached hydrogens (tertiary/aromatic N) is 2. The van der Waals surface area contributed by atoms with Gasteiger partial charge in [-0.3, -0.25) is 24.1 Å². The number of carbonyl (C=O) groups excluding carboxylic acids is 4. The zero-order chi connectivity index (χ0) is 24.0. The van der Waals surface area contributed by atoms with Gasteiger partial charge in [-0.2, -0.15) is 0 Å². The maximum atomic E-state index is 13.4. The van der Waals surface area contributed by atoms with E-state index in [2.05, 4.69) is 5.32 Å². The number of benzene rings is 1. The minimum absolute atomic E-state index is 0.00510. The summed E-state index contributed by atoms with van der Waals surface area (Å²) in [4.78, 5) is 54.6. The molecule has 178 valence electrons. The number of hydrogen-bond acceptors (Lipinski definition) is 4. The lowest BCUT2D eigenvalue weighted by atomic mass is 9.85. The van der Waals surface area contributed by atoms with Crippen LogP contribution in [-0.4, -0.2) is 52.6 Å². The van der Waals surface area contributed by atoms with E-state index in [-0.39, 0.29) is 48.4 Å². The van der Waals surface area contributed by atoms with E-state index in [0.29, 0.717) is 38.3 Å². The molecule has 0 spiro atoms. The second-order valence-corrected chi connectivity index (χ2v) is 9.30. The molecule has 1 N–H and O–H groups in total. The summed E-state index contributed by atoms with van der Waals surface area (Å²) in [5, 5.41) is 2.94. The summed E-state index contributed by atoms with van der Waals surface area (Å²) in [7, 11) is 0. The van der Waals surface area contributed by atoms with E-state index < -0.39 is 6.04 Å². The first kappa shape index (κ1) is 24.7. The quantitative estimate of drug-likeness (QED) is 0.436. The Morgan fingerprint density at radius 3 is 2.21 bits per heavy atom. The highest BCUT2D eigenvalue weighted by Gasteiger charge is 2.47. The number of likely N-dealkylation sites (tertiary alicyclic amines) is 1. The highest BCUT2D eigenvalue weighted by molar-refractivity contribution is 6.05. The summed E-state index contributed by atoms with van der Waals surface area (Å²) in [5.74, 6) is -1.08. The van der Waals surface area contributed by atoms with Crippen LogP contribution in [0, 0.1) is 17.8 Å². The molecule has 1 aliphatic heterocycles. The van der Waals surface area contributed by atoms with E-state index in [1.807, 2.05) is 63.3 Å². The second kappa shape index (κ2) is 11.3. The van der Waals surface area contributed by atoms with E-state index in [9.17, 15) is 19.2 Å². The molecule has 1 aromatic carbocycles. The number of amides is 4. The molecular formula is C26H35N3O4. The average molecular weight is 454 g/mol. The van der Waals surface area contributed by atoms with Crippen molar-refractivity contribution < 1.29 is 19.2 Å². The van der Waals surface area contributed by atoms with Crippen LogP contribution in [0.1, 0.15) is 52.0 Å². The zero-order valence-corrected chi connectivity index (χ0v) is 19.8. The zero-order valence-electron chi connectivity index (χ0n) is 19.8. The monoisotopic (exact) mass is 453 g/mol. The molecule has 1 saturated heterocycles. The van der Waals surface area contributed by atoms with Crippen molar-refractivity contribution in [3.8, 4) is 0 Å². The van der Waals surface area contributed by atoms with Gasteiger partial charge in [0.1, 0.15) is 6.04 Å². The number of allylic oxidation sites excluding steroid dienone is 2. The van der Waals surface area contributed by atoms with Gasteiger partial charge in [-0.15, -0.1) is 0 Å². The lowest BCUT2D eigenvalue weighted by molar-refractivity contribution is -0.144. The Bertz CT molecular complexity index is 870. The molecule has 1 heterocycles. The molecule has 7 nitrogen and oxygen atoms in total. The lowest BCUT2D eigenvalue weighted by Gasteiger charge is -2.31. The van der Waals surface area contributed by atoms with Crippen molar-refractivity contribution in [2.24, 2.45) is 17.8 Å². The lowest BCUT2D eigenvalue weighted by Crippen LogP contribution is -2.50. The predicted octanol–water partition coefficient (Wildman–Crippen LogP) is 2.91. The Kier molecular flexibility index (Phi) is 8.42. The van der Waals surface area contributed by atoms with Crippen molar-refractivity contribution in [3.05, 3.63) is 48.0 Å². The molecule has 0 bridgehead atoms. The highest BCUT2D eigenvalue weighted by Crippen LogP contribution is 2.35. The van der Waals surface area contributed by atoms with Crippen LogP contribution in [0.3, 0.4) is 0 Å². The van der Waals surface area contributed by atoms with Crippen LogP contribution in [0.5, 0.6) is 0 Å². The largest absolute Gasteiger partial charge is 0.354 e. The molecule has 0 radical (unpaired) electrons. The summed E-state index contributed by atoms with van der Waals surface area (Å²) in [6.07, 6.45) is 5.53. The Morgan fingerprint density at radius 1 is 1.06 bits per heavy atom. The third kappa shape index (κ3) is 5.89. The number of hydrogen-bond donors (Lipinski definition) is 1. The molecule has 7 heteroatoms. The van der Waals surface area contributed by atoms with Gasteiger partial charge in [-0.05, 0) is 30.7 Å². The van der Waals surface area contributed by atoms with Gasteiger partial charge in [0.2, 0.25) is 23.6 Å². The first-order valence-electron chi connectivity index (χ1n) is 11.9. The molecule has 3 atom stereocenters. The van der Waals surface area contributed by atoms with E-state index in [0.717, 1.165) is 5.56 Å². The number of nitrogens with one attached hydrogen (secondary N) is 1. The molecule has 0 saturated carbocycles. The van der Waals surface area contributed by atoms with Gasteiger partial charge in [0.15, 0.2) is 0 Å². The smallest absolute Gasteiger partial charge is 0.242 e. The van der Waals surface area contributed by atoms with Crippen molar-refractivity contribution in [2.45, 2.75) is 59.0 Å². The minimum Gasteiger partial charge on any atom is -0.354 e. The molecule has 3 rings (SSSR count). The van der Waals surface area contributed by atoms with Gasteiger partial charge in [0.25, 0.3) is 0 Å². The van der Waals surface area contributed by atoms with Crippen molar-refractivity contribution in [1.82, 2.24) is 15.1 Å². The number of imide groups is 1. The maximum absolute atomic E-state index is 13.4. The summed E-state index contributed by atoms with van der Waals surface area (Å²) < 4.78 is 0. The fourth-order valence-electron chi connectivity index (χ4n) is 4.56. The molecule has 4 amide bonds. The predicted molar refractivity (Wildman–Crippen MR) is 126 cm³/mol. The van der Waals surface area contributed by atoms with Crippen LogP contribution in [-0.2, 0) is 25.7 Å². The van der Waals surface area contributed by atoms with Crippen LogP contribution in [0.4, 0.5) is 0 Å². The summed E-state index contributed by atoms with van der Waals surface area (Å²) in [6, 6.07) is 8.92. The average Bonchev–Trinajstić information content (AvgIpc) is 3.06. The Balaban J connectivity index is 1.72. The van der Waals surface area contributed by atoms with Crippen molar-refractivity contribution in [1.29, 1.82) is 0 Å². The van der Waals surface area contributed by atoms with Crippen molar-refractivity contribution in [3.63, 3.8) is 0 Å². The summed E-state index contributed by atoms with van der Waals surface area (Å²) >= 11 is 0. The van der Waals surface area contributed by atoms with Gasteiger partial charge in [-0.1, -0.05) is 63.3 Å². The number of carbonyl (C=O) groups is 4. The van der Waals surface area contributed by atoms with Crippen molar-refractivity contribution in [2.75, 3.05) is 13.1 Å². The van der Waals surface area contributed by atoms with Gasteiger partial charge in [-0.25, -0.2) is 0 Å². The number of rotatable bonds is 10. The van der Waals surface area contributed by atoms with E-state index >= 15 is 0 Å². The van der Waals surface area contributed by atoms with Crippen LogP contribution in [0.25, 0.3) is 0 Å². The van der Waals surface area contributed by atoms with Gasteiger partial charge in [0.05, 0.1) is 11.8 Å². The Morgan fingerprint density at radius 2 is 1.67 bits per heavy atom. The Hall–Kier alpha value is -2.96. The standard InChI is InChI=1S/C26H35N3O4/c1-4-22(24(31)27-16-18(2)3)29(17-19-10-6-5-7-11-19)23(30)14-15-28-25(32)20-12-8-9-13-21(20)26(28)33/h5-11,18,20-22H,4,12-17H2,1-3H3,(H,27,31)/t20-,21+,22-/m0/s1. The second-order valence-electron chi connectivity index (χ2n) is 9.30. The molecule has 2 aliphatic rings. The first-order chi connectivity index (χ1) is 15.8. The van der Waals surface area contributed by atoms with Gasteiger partial charge < -0.3 is 10.2 Å². The first-order valence-corrected chi connectivity index (χ1v) is 11.9. The Labute approximate surface area is 196 Å². The van der Waals surface area contributed by atoms with Crippen LogP contribution in [0.2, 0.25) is 0 Å². The normalized spacial score (nSPS) is 20.7. The van der Waals surface area contributed by atoms with Crippen molar-refractivity contribution >= 4 is 23.6 Å². The molecule has 33 heavy (non-hydrogen) atoms. The SMILES string of the molecule is CC[C@@H](C(=O)NCC(C)C)N(Cc1ccccc1)C(=O)CCN1C(=O)[C@H]2CC=CC[C@H]2C1=O. The van der Waals surface area contributed by atoms with E-state index in [1.54, 1.807) is 4.90 Å². The van der Waals surface area contributed by atoms with Gasteiger partial charge in [0, 0.05) is 26.1 Å². The van der Waals surface area contributed by atoms with Crippen LogP contribution in [0.15, 0.2) is 42.5 Å². The molecule has 1 aromatic rings. The number of fused-ring (bicyclic) bond motifs is 1. The molecular weight excluding hydrogens is 418 g/mol. The van der Waals surface area contributed by atoms with Crippen LogP contribution < -0.4 is 5.32 Å². The van der Waals surface area contributed by atoms with Crippen LogP contribution >= 0.6 is 0 Å². The fraction of sp³-hybridized carbons (Fsp3) is 0.538. The maximum Gasteiger partial charge on any atom is 0.242 e. The van der Waals surface area contributed by atoms with E-state index in [1.165, 1.54) is 4.90 Å². The summed E-state index contributed by atoms with van der Waals surface area (Å²) in [6.45, 7) is 6.81. The topological polar surface area (TPSA) is 86.8 Å². The molecule has 1 fully saturated rings. The van der Waals surface area contributed by atoms with Gasteiger partial charge >= 0.3 is 0 Å². The fourth-order valence-corrected chi connectivity index (χ4v) is 4.56. The van der Waals surface area contributed by atoms with E-state index in [4.69, 9.17) is 0 Å². The third-order valence-corrected chi connectivity index (χ3v) is 6.41. The molecule has 0 aromatic heterocycles. The molecule has 1 aliphatic carbocycles. The highest BCUT2D eigenvalue weighted by atomic mass is 16.2. The summed E-state index contributed by atoms with van der Waals surface area (Å²) in [5.41, 5.74) is 0.923. The molecule has 0 unspecified atom stereocenters. The minimum atomic E-state index is -0.617. The third-order valence-electron chi connectivity index (χ3n) is 6.41.